The van der Waals surface area contributed by atoms with Crippen molar-refractivity contribution in [1.29, 1.82) is 0 Å². The van der Waals surface area contributed by atoms with E-state index in [1.54, 1.807) is 0 Å². The zero-order valence-corrected chi connectivity index (χ0v) is 26.8. The zero-order chi connectivity index (χ0) is 32.0. The Labute approximate surface area is 279 Å². The zero-order valence-electron chi connectivity index (χ0n) is 26.8. The molecule has 2 aliphatic rings. The van der Waals surface area contributed by atoms with Crippen molar-refractivity contribution in [2.45, 2.75) is 19.3 Å². The van der Waals surface area contributed by atoms with Crippen molar-refractivity contribution >= 4 is 66.4 Å². The van der Waals surface area contributed by atoms with Crippen molar-refractivity contribution in [2.24, 2.45) is 0 Å². The molecule has 3 nitrogen and oxygen atoms in total. The number of hydrogen-bond acceptors (Lipinski definition) is 3. The van der Waals surface area contributed by atoms with E-state index < -0.39 is 0 Å². The predicted octanol–water partition coefficient (Wildman–Crippen LogP) is 12.8. The molecule has 0 N–H and O–H groups in total. The van der Waals surface area contributed by atoms with Crippen molar-refractivity contribution in [2.75, 3.05) is 9.80 Å². The van der Waals surface area contributed by atoms with E-state index in [4.69, 9.17) is 4.74 Å². The van der Waals surface area contributed by atoms with Crippen molar-refractivity contribution in [1.82, 2.24) is 0 Å². The van der Waals surface area contributed by atoms with E-state index in [1.165, 1.54) is 49.1 Å². The van der Waals surface area contributed by atoms with Crippen LogP contribution in [0.2, 0.25) is 0 Å². The molecule has 0 amide bonds. The topological polar surface area (TPSA) is 15.7 Å². The quantitative estimate of drug-likeness (QED) is 0.196. The lowest BCUT2D eigenvalue weighted by molar-refractivity contribution is 0.472. The first-order valence-corrected chi connectivity index (χ1v) is 16.6. The van der Waals surface area contributed by atoms with Gasteiger partial charge in [0.1, 0.15) is 0 Å². The van der Waals surface area contributed by atoms with E-state index in [0.717, 1.165) is 39.9 Å². The first-order chi connectivity index (χ1) is 23.6. The third kappa shape index (κ3) is 3.82. The first kappa shape index (κ1) is 27.1. The summed E-state index contributed by atoms with van der Waals surface area (Å²) >= 11 is 0. The Bertz CT molecular complexity index is 2600. The van der Waals surface area contributed by atoms with Crippen LogP contribution in [-0.2, 0) is 5.41 Å². The highest BCUT2D eigenvalue weighted by molar-refractivity contribution is 6.07. The molecule has 2 heterocycles. The van der Waals surface area contributed by atoms with Gasteiger partial charge in [-0.1, -0.05) is 123 Å². The number of para-hydroxylation sites is 1. The molecule has 0 unspecified atom stereocenters. The van der Waals surface area contributed by atoms with Crippen LogP contribution < -0.4 is 14.5 Å². The molecule has 10 rings (SSSR count). The molecule has 0 spiro atoms. The fraction of sp³-hybridized carbons (Fsp3) is 0.0667. The summed E-state index contributed by atoms with van der Waals surface area (Å²) < 4.78 is 6.64. The molecule has 0 aliphatic carbocycles. The summed E-state index contributed by atoms with van der Waals surface area (Å²) in [5, 5.41) is 7.26. The average molecular weight is 617 g/mol. The second kappa shape index (κ2) is 9.97. The monoisotopic (exact) mass is 616 g/mol. The molecular formula is C45H32N2O. The molecule has 0 saturated heterocycles. The van der Waals surface area contributed by atoms with Gasteiger partial charge in [0, 0.05) is 27.6 Å². The van der Waals surface area contributed by atoms with Gasteiger partial charge in [0.25, 0.3) is 0 Å². The second-order valence-corrected chi connectivity index (χ2v) is 13.4. The number of benzene rings is 8. The Morgan fingerprint density at radius 3 is 1.96 bits per heavy atom. The standard InChI is InChI=1S/C45H32N2O/c1-45(2)37-18-10-20-41-44(37)47(43-36-17-8-6-13-31(36)22-26-42(43)48-41)40-25-24-34(28-38(40)45)46(33-23-21-29-11-3-4-14-32(29)27-33)39-19-9-15-30-12-5-7-16-35(30)39/h3-28H,1-2H3. The molecule has 8 aromatic rings. The number of nitrogens with zero attached hydrogens (tertiary/aromatic N) is 2. The van der Waals surface area contributed by atoms with Crippen molar-refractivity contribution in [3.05, 3.63) is 169 Å². The largest absolute Gasteiger partial charge is 0.453 e. The SMILES string of the molecule is CC1(C)c2cc(N(c3ccc4ccccc4c3)c3cccc4ccccc34)ccc2N2c3c(cccc31)Oc1ccc3ccccc3c12. The maximum absolute atomic E-state index is 6.64. The number of fused-ring (bicyclic) bond motifs is 8. The highest BCUT2D eigenvalue weighted by Gasteiger charge is 2.42. The van der Waals surface area contributed by atoms with Crippen molar-refractivity contribution < 1.29 is 4.74 Å². The van der Waals surface area contributed by atoms with Crippen LogP contribution in [0.3, 0.4) is 0 Å². The Kier molecular flexibility index (Phi) is 5.63. The molecule has 0 saturated carbocycles. The van der Waals surface area contributed by atoms with Crippen molar-refractivity contribution in [3.8, 4) is 11.5 Å². The molecule has 48 heavy (non-hydrogen) atoms. The molecule has 0 aromatic heterocycles. The van der Waals surface area contributed by atoms with Crippen LogP contribution >= 0.6 is 0 Å². The lowest BCUT2D eigenvalue weighted by Gasteiger charge is -2.45. The number of ether oxygens (including phenoxy) is 1. The average Bonchev–Trinajstić information content (AvgIpc) is 3.13. The van der Waals surface area contributed by atoms with Gasteiger partial charge in [0.05, 0.1) is 22.7 Å². The first-order valence-electron chi connectivity index (χ1n) is 16.6. The lowest BCUT2D eigenvalue weighted by Crippen LogP contribution is -2.32. The Morgan fingerprint density at radius 2 is 1.10 bits per heavy atom. The van der Waals surface area contributed by atoms with Gasteiger partial charge in [-0.15, -0.1) is 0 Å². The normalized spacial score (nSPS) is 13.9. The molecular weight excluding hydrogens is 585 g/mol. The fourth-order valence-corrected chi connectivity index (χ4v) is 8.01. The molecule has 8 aromatic carbocycles. The summed E-state index contributed by atoms with van der Waals surface area (Å²) in [6.45, 7) is 4.69. The van der Waals surface area contributed by atoms with Crippen LogP contribution in [0.15, 0.2) is 158 Å². The minimum Gasteiger partial charge on any atom is -0.453 e. The summed E-state index contributed by atoms with van der Waals surface area (Å²) in [7, 11) is 0. The van der Waals surface area contributed by atoms with E-state index in [9.17, 15) is 0 Å². The van der Waals surface area contributed by atoms with Gasteiger partial charge in [-0.3, -0.25) is 0 Å². The summed E-state index contributed by atoms with van der Waals surface area (Å²) in [5.41, 5.74) is 9.06. The minimum absolute atomic E-state index is 0.285. The van der Waals surface area contributed by atoms with E-state index in [2.05, 4.69) is 181 Å². The maximum Gasteiger partial charge on any atom is 0.152 e. The highest BCUT2D eigenvalue weighted by Crippen LogP contribution is 2.61. The summed E-state index contributed by atoms with van der Waals surface area (Å²) in [6, 6.07) is 57.1. The molecule has 0 fully saturated rings. The van der Waals surface area contributed by atoms with Gasteiger partial charge in [-0.05, 0) is 81.2 Å². The van der Waals surface area contributed by atoms with Crippen LogP contribution in [0.4, 0.5) is 34.1 Å². The molecule has 228 valence electrons. The Hall–Kier alpha value is -6.06. The van der Waals surface area contributed by atoms with E-state index in [-0.39, 0.29) is 5.41 Å². The molecule has 3 heteroatoms. The summed E-state index contributed by atoms with van der Waals surface area (Å²) in [5.74, 6) is 1.77. The van der Waals surface area contributed by atoms with Gasteiger partial charge in [0.15, 0.2) is 11.5 Å². The van der Waals surface area contributed by atoms with Gasteiger partial charge >= 0.3 is 0 Å². The van der Waals surface area contributed by atoms with Crippen LogP contribution in [-0.4, -0.2) is 0 Å². The molecule has 2 aliphatic heterocycles. The highest BCUT2D eigenvalue weighted by atomic mass is 16.5. The van der Waals surface area contributed by atoms with Crippen molar-refractivity contribution in [3.63, 3.8) is 0 Å². The van der Waals surface area contributed by atoms with Gasteiger partial charge < -0.3 is 14.5 Å². The van der Waals surface area contributed by atoms with Crippen LogP contribution in [0.25, 0.3) is 32.3 Å². The Morgan fingerprint density at radius 1 is 0.479 bits per heavy atom. The molecule has 0 atom stereocenters. The van der Waals surface area contributed by atoms with E-state index >= 15 is 0 Å². The van der Waals surface area contributed by atoms with E-state index in [1.807, 2.05) is 0 Å². The third-order valence-electron chi connectivity index (χ3n) is 10.4. The van der Waals surface area contributed by atoms with Crippen LogP contribution in [0, 0.1) is 0 Å². The van der Waals surface area contributed by atoms with Crippen LogP contribution in [0.1, 0.15) is 25.0 Å². The molecule has 0 radical (unpaired) electrons. The number of hydrogen-bond donors (Lipinski definition) is 0. The van der Waals surface area contributed by atoms with Crippen LogP contribution in [0.5, 0.6) is 11.5 Å². The third-order valence-corrected chi connectivity index (χ3v) is 10.4. The maximum atomic E-state index is 6.64. The summed E-state index contributed by atoms with van der Waals surface area (Å²) in [6.07, 6.45) is 0. The van der Waals surface area contributed by atoms with E-state index in [0.29, 0.717) is 0 Å². The number of rotatable bonds is 3. The lowest BCUT2D eigenvalue weighted by atomic mass is 9.73. The minimum atomic E-state index is -0.285. The van der Waals surface area contributed by atoms with Gasteiger partial charge in [-0.2, -0.15) is 0 Å². The number of anilines is 6. The molecule has 0 bridgehead atoms. The van der Waals surface area contributed by atoms with Gasteiger partial charge in [0.2, 0.25) is 0 Å². The Balaban J connectivity index is 1.25. The predicted molar refractivity (Wildman–Crippen MR) is 201 cm³/mol. The smallest absolute Gasteiger partial charge is 0.152 e. The fourth-order valence-electron chi connectivity index (χ4n) is 8.01. The second-order valence-electron chi connectivity index (χ2n) is 13.4. The summed E-state index contributed by atoms with van der Waals surface area (Å²) in [4.78, 5) is 4.88. The van der Waals surface area contributed by atoms with Gasteiger partial charge in [-0.25, -0.2) is 0 Å².